The summed E-state index contributed by atoms with van der Waals surface area (Å²) in [6.07, 6.45) is 4.52. The van der Waals surface area contributed by atoms with Crippen LogP contribution < -0.4 is 5.32 Å². The third-order valence-electron chi connectivity index (χ3n) is 3.29. The van der Waals surface area contributed by atoms with E-state index in [4.69, 9.17) is 0 Å². The lowest BCUT2D eigenvalue weighted by atomic mass is 10.2. The van der Waals surface area contributed by atoms with Gasteiger partial charge in [0.05, 0.1) is 0 Å². The molecule has 0 aliphatic heterocycles. The Morgan fingerprint density at radius 3 is 2.70 bits per heavy atom. The van der Waals surface area contributed by atoms with Crippen molar-refractivity contribution in [1.29, 1.82) is 0 Å². The van der Waals surface area contributed by atoms with Crippen LogP contribution in [0.2, 0.25) is 0 Å². The van der Waals surface area contributed by atoms with Crippen molar-refractivity contribution in [2.45, 2.75) is 42.3 Å². The first-order valence-electron chi connectivity index (χ1n) is 6.83. The van der Waals surface area contributed by atoms with Gasteiger partial charge >= 0.3 is 0 Å². The Balaban J connectivity index is 1.68. The Bertz CT molecular complexity index is 594. The predicted octanol–water partition coefficient (Wildman–Crippen LogP) is 3.93. The fraction of sp³-hybridized carbons (Fsp3) is 0.312. The molecule has 104 valence electrons. The molecule has 1 aromatic carbocycles. The molecule has 0 spiro atoms. The van der Waals surface area contributed by atoms with Crippen molar-refractivity contribution >= 4 is 11.8 Å². The topological polar surface area (TPSA) is 24.9 Å². The van der Waals surface area contributed by atoms with Crippen LogP contribution in [0.3, 0.4) is 0 Å². The fourth-order valence-electron chi connectivity index (χ4n) is 1.99. The molecular weight excluding hydrogens is 271 g/mol. The second kappa shape index (κ2) is 5.94. The summed E-state index contributed by atoms with van der Waals surface area (Å²) in [6, 6.07) is 9.40. The van der Waals surface area contributed by atoms with Gasteiger partial charge in [-0.15, -0.1) is 0 Å². The van der Waals surface area contributed by atoms with Gasteiger partial charge in [-0.3, -0.25) is 0 Å². The van der Waals surface area contributed by atoms with Crippen molar-refractivity contribution in [2.75, 3.05) is 0 Å². The number of halogens is 1. The van der Waals surface area contributed by atoms with Gasteiger partial charge in [0.1, 0.15) is 10.8 Å². The van der Waals surface area contributed by atoms with Crippen LogP contribution in [0.15, 0.2) is 46.5 Å². The van der Waals surface area contributed by atoms with Crippen molar-refractivity contribution < 1.29 is 4.39 Å². The average Bonchev–Trinajstić information content (AvgIpc) is 3.26. The van der Waals surface area contributed by atoms with Crippen LogP contribution in [0.5, 0.6) is 0 Å². The number of nitrogens with one attached hydrogen (secondary N) is 1. The highest BCUT2D eigenvalue weighted by Crippen LogP contribution is 2.29. The molecule has 0 atom stereocenters. The molecule has 1 fully saturated rings. The molecule has 20 heavy (non-hydrogen) atoms. The normalized spacial score (nSPS) is 14.5. The highest BCUT2D eigenvalue weighted by atomic mass is 32.2. The summed E-state index contributed by atoms with van der Waals surface area (Å²) in [4.78, 5) is 5.53. The van der Waals surface area contributed by atoms with Crippen molar-refractivity contribution in [3.8, 4) is 0 Å². The maximum absolute atomic E-state index is 12.9. The van der Waals surface area contributed by atoms with Crippen molar-refractivity contribution in [3.63, 3.8) is 0 Å². The number of pyridine rings is 1. The Labute approximate surface area is 122 Å². The third kappa shape index (κ3) is 3.58. The second-order valence-electron chi connectivity index (χ2n) is 5.18. The van der Waals surface area contributed by atoms with Gasteiger partial charge in [0.15, 0.2) is 0 Å². The van der Waals surface area contributed by atoms with E-state index in [2.05, 4.69) is 23.3 Å². The fourth-order valence-corrected chi connectivity index (χ4v) is 2.81. The number of benzene rings is 1. The zero-order valence-electron chi connectivity index (χ0n) is 11.4. The summed E-state index contributed by atoms with van der Waals surface area (Å²) in [5, 5.41) is 4.47. The number of hydrogen-bond donors (Lipinski definition) is 1. The van der Waals surface area contributed by atoms with Crippen LogP contribution >= 0.6 is 11.8 Å². The molecule has 0 saturated heterocycles. The lowest BCUT2D eigenvalue weighted by molar-refractivity contribution is 0.626. The summed E-state index contributed by atoms with van der Waals surface area (Å²) < 4.78 is 12.9. The molecule has 2 nitrogen and oxygen atoms in total. The molecule has 1 N–H and O–H groups in total. The summed E-state index contributed by atoms with van der Waals surface area (Å²) in [6.45, 7) is 2.96. The van der Waals surface area contributed by atoms with E-state index < -0.39 is 0 Å². The van der Waals surface area contributed by atoms with Crippen molar-refractivity contribution in [3.05, 3.63) is 53.5 Å². The van der Waals surface area contributed by atoms with Gasteiger partial charge in [-0.25, -0.2) is 9.37 Å². The van der Waals surface area contributed by atoms with Crippen molar-refractivity contribution in [1.82, 2.24) is 10.3 Å². The van der Waals surface area contributed by atoms with Gasteiger partial charge < -0.3 is 5.32 Å². The molecule has 0 bridgehead atoms. The van der Waals surface area contributed by atoms with E-state index in [0.29, 0.717) is 6.04 Å². The van der Waals surface area contributed by atoms with Crippen LogP contribution in [0, 0.1) is 12.7 Å². The summed E-state index contributed by atoms with van der Waals surface area (Å²) in [7, 11) is 0. The Kier molecular flexibility index (Phi) is 4.03. The molecule has 0 amide bonds. The van der Waals surface area contributed by atoms with Crippen LogP contribution in [0.4, 0.5) is 4.39 Å². The van der Waals surface area contributed by atoms with Gasteiger partial charge in [-0.2, -0.15) is 0 Å². The monoisotopic (exact) mass is 288 g/mol. The van der Waals surface area contributed by atoms with Crippen molar-refractivity contribution in [2.24, 2.45) is 0 Å². The van der Waals surface area contributed by atoms with Gasteiger partial charge in [-0.05, 0) is 55.2 Å². The molecular formula is C16H17FN2S. The van der Waals surface area contributed by atoms with Crippen LogP contribution in [-0.2, 0) is 6.54 Å². The minimum Gasteiger partial charge on any atom is -0.310 e. The molecule has 3 rings (SSSR count). The number of rotatable bonds is 5. The maximum Gasteiger partial charge on any atom is 0.123 e. The van der Waals surface area contributed by atoms with Gasteiger partial charge in [0, 0.05) is 23.7 Å². The van der Waals surface area contributed by atoms with Gasteiger partial charge in [0.2, 0.25) is 0 Å². The van der Waals surface area contributed by atoms with E-state index in [1.54, 1.807) is 23.9 Å². The summed E-state index contributed by atoms with van der Waals surface area (Å²) >= 11 is 1.57. The molecule has 1 aliphatic carbocycles. The van der Waals surface area contributed by atoms with E-state index in [1.807, 2.05) is 6.20 Å². The Morgan fingerprint density at radius 2 is 2.05 bits per heavy atom. The molecule has 1 aliphatic rings. The average molecular weight is 288 g/mol. The zero-order valence-corrected chi connectivity index (χ0v) is 12.2. The molecule has 1 heterocycles. The van der Waals surface area contributed by atoms with E-state index in [-0.39, 0.29) is 5.82 Å². The number of aryl methyl sites for hydroxylation is 1. The summed E-state index contributed by atoms with van der Waals surface area (Å²) in [5.41, 5.74) is 2.38. The molecule has 0 radical (unpaired) electrons. The molecule has 2 aromatic rings. The quantitative estimate of drug-likeness (QED) is 0.902. The molecule has 1 saturated carbocycles. The van der Waals surface area contributed by atoms with Crippen LogP contribution in [0.25, 0.3) is 0 Å². The first-order chi connectivity index (χ1) is 9.70. The first kappa shape index (κ1) is 13.6. The molecule has 1 aromatic heterocycles. The predicted molar refractivity (Wildman–Crippen MR) is 79.4 cm³/mol. The van der Waals surface area contributed by atoms with E-state index >= 15 is 0 Å². The second-order valence-corrected chi connectivity index (χ2v) is 6.24. The highest BCUT2D eigenvalue weighted by Gasteiger charge is 2.20. The SMILES string of the molecule is Cc1cc(CNC2CC2)cnc1Sc1ccc(F)cc1. The maximum atomic E-state index is 12.9. The van der Waals surface area contributed by atoms with E-state index in [9.17, 15) is 4.39 Å². The minimum atomic E-state index is -0.208. The lowest BCUT2D eigenvalue weighted by Gasteiger charge is -2.08. The number of aromatic nitrogens is 1. The van der Waals surface area contributed by atoms with Gasteiger partial charge in [0.25, 0.3) is 0 Å². The smallest absolute Gasteiger partial charge is 0.123 e. The molecule has 0 unspecified atom stereocenters. The zero-order chi connectivity index (χ0) is 13.9. The third-order valence-corrected chi connectivity index (χ3v) is 4.42. The van der Waals surface area contributed by atoms with E-state index in [1.165, 1.54) is 30.5 Å². The largest absolute Gasteiger partial charge is 0.310 e. The first-order valence-corrected chi connectivity index (χ1v) is 7.65. The van der Waals surface area contributed by atoms with Gasteiger partial charge in [-0.1, -0.05) is 17.8 Å². The van der Waals surface area contributed by atoms with E-state index in [0.717, 1.165) is 22.0 Å². The summed E-state index contributed by atoms with van der Waals surface area (Å²) in [5.74, 6) is -0.208. The molecule has 4 heteroatoms. The number of hydrogen-bond acceptors (Lipinski definition) is 3. The Morgan fingerprint density at radius 1 is 1.30 bits per heavy atom. The standard InChI is InChI=1S/C16H17FN2S/c1-11-8-12(9-18-14-4-5-14)10-19-16(11)20-15-6-2-13(17)3-7-15/h2-3,6-8,10,14,18H,4-5,9H2,1H3. The lowest BCUT2D eigenvalue weighted by Crippen LogP contribution is -2.15. The van der Waals surface area contributed by atoms with Crippen LogP contribution in [0.1, 0.15) is 24.0 Å². The number of nitrogens with zero attached hydrogens (tertiary/aromatic N) is 1. The Hall–Kier alpha value is -1.39. The van der Waals surface area contributed by atoms with Crippen LogP contribution in [-0.4, -0.2) is 11.0 Å². The highest BCUT2D eigenvalue weighted by molar-refractivity contribution is 7.99. The minimum absolute atomic E-state index is 0.208.